The Bertz CT molecular complexity index is 361. The highest BCUT2D eigenvalue weighted by Crippen LogP contribution is 2.44. The van der Waals surface area contributed by atoms with Crippen LogP contribution in [-0.4, -0.2) is 9.78 Å². The van der Waals surface area contributed by atoms with E-state index in [0.29, 0.717) is 11.5 Å². The van der Waals surface area contributed by atoms with Crippen LogP contribution in [0.2, 0.25) is 0 Å². The summed E-state index contributed by atoms with van der Waals surface area (Å²) in [7, 11) is 1.58. The van der Waals surface area contributed by atoms with Gasteiger partial charge in [0.1, 0.15) is 0 Å². The first-order valence-electron chi connectivity index (χ1n) is 4.52. The molecule has 1 fully saturated rings. The maximum Gasteiger partial charge on any atom is 0.435 e. The first-order chi connectivity index (χ1) is 6.41. The smallest absolute Gasteiger partial charge is 0.272 e. The summed E-state index contributed by atoms with van der Waals surface area (Å²) in [5, 5.41) is 3.53. The van der Waals surface area contributed by atoms with Crippen molar-refractivity contribution in [3.05, 3.63) is 17.0 Å². The van der Waals surface area contributed by atoms with Gasteiger partial charge in [0, 0.05) is 24.2 Å². The van der Waals surface area contributed by atoms with E-state index in [-0.39, 0.29) is 0 Å². The van der Waals surface area contributed by atoms with E-state index >= 15 is 0 Å². The van der Waals surface area contributed by atoms with Crippen molar-refractivity contribution in [1.82, 2.24) is 9.78 Å². The molecule has 1 aromatic rings. The summed E-state index contributed by atoms with van der Waals surface area (Å²) in [5.74, 6) is 0.295. The highest BCUT2D eigenvalue weighted by Gasteiger charge is 2.40. The lowest BCUT2D eigenvalue weighted by Gasteiger charge is -2.02. The van der Waals surface area contributed by atoms with Crippen LogP contribution in [0.25, 0.3) is 0 Å². The van der Waals surface area contributed by atoms with Crippen LogP contribution < -0.4 is 0 Å². The lowest BCUT2D eigenvalue weighted by molar-refractivity contribution is -0.141. The zero-order valence-electron chi connectivity index (χ0n) is 8.02. The van der Waals surface area contributed by atoms with Gasteiger partial charge in [0.15, 0.2) is 5.69 Å². The molecule has 2 nitrogen and oxygen atoms in total. The third-order valence-electron chi connectivity index (χ3n) is 2.57. The fourth-order valence-corrected chi connectivity index (χ4v) is 1.84. The Labute approximate surface area is 79.7 Å². The predicted octanol–water partition coefficient (Wildman–Crippen LogP) is 2.62. The molecule has 14 heavy (non-hydrogen) atoms. The van der Waals surface area contributed by atoms with Crippen molar-refractivity contribution < 1.29 is 13.2 Å². The van der Waals surface area contributed by atoms with Crippen LogP contribution in [0.1, 0.15) is 35.7 Å². The van der Waals surface area contributed by atoms with E-state index in [9.17, 15) is 13.2 Å². The van der Waals surface area contributed by atoms with Gasteiger partial charge in [0.05, 0.1) is 0 Å². The van der Waals surface area contributed by atoms with E-state index in [1.165, 1.54) is 11.6 Å². The molecule has 5 heteroatoms. The first kappa shape index (κ1) is 9.55. The third kappa shape index (κ3) is 1.40. The molecule has 1 aliphatic rings. The largest absolute Gasteiger partial charge is 0.435 e. The van der Waals surface area contributed by atoms with E-state index in [2.05, 4.69) is 5.10 Å². The standard InChI is InChI=1S/C9H11F3N2/c1-5-7(6-3-4-6)14(2)13-8(5)9(10,11)12/h6H,3-4H2,1-2H3. The Morgan fingerprint density at radius 1 is 1.36 bits per heavy atom. The highest BCUT2D eigenvalue weighted by atomic mass is 19.4. The summed E-state index contributed by atoms with van der Waals surface area (Å²) in [6, 6.07) is 0. The van der Waals surface area contributed by atoms with Crippen LogP contribution in [-0.2, 0) is 13.2 Å². The van der Waals surface area contributed by atoms with Gasteiger partial charge in [-0.1, -0.05) is 0 Å². The average molecular weight is 204 g/mol. The fourth-order valence-electron chi connectivity index (χ4n) is 1.84. The molecule has 2 rings (SSSR count). The van der Waals surface area contributed by atoms with Crippen LogP contribution in [0.15, 0.2) is 0 Å². The third-order valence-corrected chi connectivity index (χ3v) is 2.57. The second-order valence-corrected chi connectivity index (χ2v) is 3.75. The van der Waals surface area contributed by atoms with Gasteiger partial charge in [-0.2, -0.15) is 18.3 Å². The van der Waals surface area contributed by atoms with Crippen molar-refractivity contribution in [2.24, 2.45) is 7.05 Å². The number of alkyl halides is 3. The van der Waals surface area contributed by atoms with Gasteiger partial charge < -0.3 is 0 Å². The zero-order chi connectivity index (χ0) is 10.5. The molecular weight excluding hydrogens is 193 g/mol. The van der Waals surface area contributed by atoms with E-state index in [0.717, 1.165) is 18.5 Å². The van der Waals surface area contributed by atoms with E-state index in [1.807, 2.05) is 0 Å². The summed E-state index contributed by atoms with van der Waals surface area (Å²) >= 11 is 0. The molecule has 0 unspecified atom stereocenters. The summed E-state index contributed by atoms with van der Waals surface area (Å²) in [5.41, 5.74) is 0.307. The number of hydrogen-bond donors (Lipinski definition) is 0. The first-order valence-corrected chi connectivity index (χ1v) is 4.52. The summed E-state index contributed by atoms with van der Waals surface area (Å²) in [6.45, 7) is 1.50. The van der Waals surface area contributed by atoms with Gasteiger partial charge in [0.2, 0.25) is 0 Å². The Morgan fingerprint density at radius 3 is 2.29 bits per heavy atom. The number of hydrogen-bond acceptors (Lipinski definition) is 1. The molecule has 0 spiro atoms. The van der Waals surface area contributed by atoms with Crippen molar-refractivity contribution in [3.63, 3.8) is 0 Å². The van der Waals surface area contributed by atoms with Crippen molar-refractivity contribution >= 4 is 0 Å². The lowest BCUT2D eigenvalue weighted by atomic mass is 10.1. The Kier molecular flexibility index (Phi) is 1.87. The summed E-state index contributed by atoms with van der Waals surface area (Å²) in [6.07, 6.45) is -2.36. The lowest BCUT2D eigenvalue weighted by Crippen LogP contribution is -2.08. The molecule has 0 N–H and O–H groups in total. The number of halogens is 3. The highest BCUT2D eigenvalue weighted by molar-refractivity contribution is 5.31. The van der Waals surface area contributed by atoms with Gasteiger partial charge in [-0.3, -0.25) is 4.68 Å². The summed E-state index contributed by atoms with van der Waals surface area (Å²) in [4.78, 5) is 0. The molecule has 0 bridgehead atoms. The molecule has 0 aromatic carbocycles. The Balaban J connectivity index is 2.48. The van der Waals surface area contributed by atoms with Crippen molar-refractivity contribution in [2.45, 2.75) is 31.9 Å². The molecule has 1 heterocycles. The average Bonchev–Trinajstić information content (AvgIpc) is 2.78. The normalized spacial score (nSPS) is 17.5. The Hall–Kier alpha value is -1.00. The second-order valence-electron chi connectivity index (χ2n) is 3.75. The van der Waals surface area contributed by atoms with Crippen LogP contribution >= 0.6 is 0 Å². The topological polar surface area (TPSA) is 17.8 Å². The zero-order valence-corrected chi connectivity index (χ0v) is 8.02. The molecule has 0 radical (unpaired) electrons. The van der Waals surface area contributed by atoms with Crippen molar-refractivity contribution in [1.29, 1.82) is 0 Å². The molecule has 0 aliphatic heterocycles. The molecule has 1 aromatic heterocycles. The van der Waals surface area contributed by atoms with Crippen LogP contribution in [0.3, 0.4) is 0 Å². The Morgan fingerprint density at radius 2 is 1.93 bits per heavy atom. The minimum absolute atomic E-state index is 0.294. The minimum atomic E-state index is -4.32. The van der Waals surface area contributed by atoms with Gasteiger partial charge in [-0.05, 0) is 19.8 Å². The molecule has 1 aliphatic carbocycles. The van der Waals surface area contributed by atoms with E-state index in [4.69, 9.17) is 0 Å². The van der Waals surface area contributed by atoms with Gasteiger partial charge in [0.25, 0.3) is 0 Å². The summed E-state index contributed by atoms with van der Waals surface area (Å²) < 4.78 is 38.7. The van der Waals surface area contributed by atoms with E-state index in [1.54, 1.807) is 7.05 Å². The number of aryl methyl sites for hydroxylation is 1. The molecule has 0 atom stereocenters. The maximum atomic E-state index is 12.5. The predicted molar refractivity (Wildman–Crippen MR) is 44.9 cm³/mol. The maximum absolute atomic E-state index is 12.5. The van der Waals surface area contributed by atoms with Gasteiger partial charge in [-0.15, -0.1) is 0 Å². The molecular formula is C9H11F3N2. The second kappa shape index (κ2) is 2.74. The number of rotatable bonds is 1. The van der Waals surface area contributed by atoms with Crippen LogP contribution in [0.4, 0.5) is 13.2 Å². The SMILES string of the molecule is Cc1c(C(F)(F)F)nn(C)c1C1CC1. The van der Waals surface area contributed by atoms with Crippen LogP contribution in [0.5, 0.6) is 0 Å². The quantitative estimate of drug-likeness (QED) is 0.687. The fraction of sp³-hybridized carbons (Fsp3) is 0.667. The minimum Gasteiger partial charge on any atom is -0.272 e. The molecule has 1 saturated carbocycles. The number of nitrogens with zero attached hydrogens (tertiary/aromatic N) is 2. The van der Waals surface area contributed by atoms with Gasteiger partial charge >= 0.3 is 6.18 Å². The van der Waals surface area contributed by atoms with Crippen LogP contribution in [0, 0.1) is 6.92 Å². The molecule has 0 saturated heterocycles. The van der Waals surface area contributed by atoms with Crippen molar-refractivity contribution in [2.75, 3.05) is 0 Å². The van der Waals surface area contributed by atoms with Gasteiger partial charge in [-0.25, -0.2) is 0 Å². The monoisotopic (exact) mass is 204 g/mol. The van der Waals surface area contributed by atoms with Crippen molar-refractivity contribution in [3.8, 4) is 0 Å². The molecule has 0 amide bonds. The molecule has 78 valence electrons. The number of aromatic nitrogens is 2. The van der Waals surface area contributed by atoms with E-state index < -0.39 is 11.9 Å².